The van der Waals surface area contributed by atoms with E-state index in [-0.39, 0.29) is 10.8 Å². The molecule has 1 aliphatic heterocycles. The van der Waals surface area contributed by atoms with Crippen LogP contribution in [0.2, 0.25) is 0 Å². The molecule has 1 aromatic heterocycles. The standard InChI is InChI=1S/C25H22F3N5O2S/c1-24(2)22(34)33(18-7-10-21(29-3)20(15-18)25(26,27)28)23(36)32(24)12-4-14-35-19-8-5-17(6-9-19)31-13-11-30-16-31/h5-11,13,15-16H,4,12,14H2,1-2H3. The van der Waals surface area contributed by atoms with Crippen molar-refractivity contribution >= 4 is 34.6 Å². The fourth-order valence-electron chi connectivity index (χ4n) is 3.97. The Labute approximate surface area is 211 Å². The smallest absolute Gasteiger partial charge is 0.407 e. The van der Waals surface area contributed by atoms with E-state index >= 15 is 0 Å². The van der Waals surface area contributed by atoms with Crippen LogP contribution in [0.25, 0.3) is 10.5 Å². The number of benzene rings is 2. The number of halogens is 3. The molecular formula is C25H22F3N5O2S. The number of alkyl halides is 3. The Hall–Kier alpha value is -3.91. The Bertz CT molecular complexity index is 1310. The van der Waals surface area contributed by atoms with Gasteiger partial charge in [-0.2, -0.15) is 13.2 Å². The van der Waals surface area contributed by atoms with Gasteiger partial charge in [0.05, 0.1) is 25.1 Å². The first-order valence-corrected chi connectivity index (χ1v) is 11.4. The summed E-state index contributed by atoms with van der Waals surface area (Å²) in [5.41, 5.74) is -1.76. The van der Waals surface area contributed by atoms with Crippen LogP contribution >= 0.6 is 12.2 Å². The van der Waals surface area contributed by atoms with Crippen LogP contribution < -0.4 is 9.64 Å². The van der Waals surface area contributed by atoms with Crippen LogP contribution in [0.15, 0.2) is 61.2 Å². The van der Waals surface area contributed by atoms with Gasteiger partial charge >= 0.3 is 6.18 Å². The number of hydrogen-bond donors (Lipinski definition) is 0. The zero-order valence-electron chi connectivity index (χ0n) is 19.5. The van der Waals surface area contributed by atoms with Crippen molar-refractivity contribution in [1.82, 2.24) is 14.5 Å². The van der Waals surface area contributed by atoms with Crippen molar-refractivity contribution in [2.45, 2.75) is 32.0 Å². The van der Waals surface area contributed by atoms with E-state index in [2.05, 4.69) is 9.83 Å². The summed E-state index contributed by atoms with van der Waals surface area (Å²) in [7, 11) is 0. The average Bonchev–Trinajstić information content (AvgIpc) is 3.43. The minimum absolute atomic E-state index is 0.0190. The molecule has 1 fully saturated rings. The molecule has 1 amide bonds. The lowest BCUT2D eigenvalue weighted by Gasteiger charge is -2.29. The van der Waals surface area contributed by atoms with Crippen molar-refractivity contribution < 1.29 is 22.7 Å². The van der Waals surface area contributed by atoms with E-state index in [1.54, 1.807) is 31.3 Å². The highest BCUT2D eigenvalue weighted by molar-refractivity contribution is 7.80. The van der Waals surface area contributed by atoms with Crippen molar-refractivity contribution in [1.29, 1.82) is 0 Å². The molecule has 0 atom stereocenters. The third-order valence-electron chi connectivity index (χ3n) is 5.92. The number of thiocarbonyl (C=S) groups is 1. The van der Waals surface area contributed by atoms with Crippen molar-refractivity contribution in [2.75, 3.05) is 18.1 Å². The minimum atomic E-state index is -4.73. The normalized spacial score (nSPS) is 15.3. The Kier molecular flexibility index (Phi) is 6.73. The Balaban J connectivity index is 1.42. The third-order valence-corrected chi connectivity index (χ3v) is 6.32. The van der Waals surface area contributed by atoms with Gasteiger partial charge in [-0.1, -0.05) is 6.07 Å². The number of carbonyl (C=O) groups is 1. The van der Waals surface area contributed by atoms with E-state index in [0.717, 1.165) is 22.7 Å². The molecule has 0 saturated carbocycles. The first-order valence-electron chi connectivity index (χ1n) is 11.0. The van der Waals surface area contributed by atoms with Crippen LogP contribution in [-0.4, -0.2) is 44.2 Å². The van der Waals surface area contributed by atoms with Gasteiger partial charge in [-0.3, -0.25) is 9.69 Å². The van der Waals surface area contributed by atoms with Crippen LogP contribution in [0.3, 0.4) is 0 Å². The molecule has 1 aliphatic rings. The summed E-state index contributed by atoms with van der Waals surface area (Å²) in [6.07, 6.45) is 1.02. The Morgan fingerprint density at radius 3 is 2.44 bits per heavy atom. The molecule has 0 spiro atoms. The molecule has 4 rings (SSSR count). The summed E-state index contributed by atoms with van der Waals surface area (Å²) in [6, 6.07) is 10.7. The fourth-order valence-corrected chi connectivity index (χ4v) is 4.47. The number of imidazole rings is 1. The Morgan fingerprint density at radius 1 is 1.14 bits per heavy atom. The van der Waals surface area contributed by atoms with E-state index in [9.17, 15) is 18.0 Å². The molecule has 2 heterocycles. The van der Waals surface area contributed by atoms with Crippen molar-refractivity contribution in [3.8, 4) is 11.4 Å². The molecule has 3 aromatic rings. The van der Waals surface area contributed by atoms with Gasteiger partial charge in [0.25, 0.3) is 5.91 Å². The van der Waals surface area contributed by atoms with Crippen molar-refractivity contribution in [3.63, 3.8) is 0 Å². The van der Waals surface area contributed by atoms with Gasteiger partial charge in [0.1, 0.15) is 11.3 Å². The van der Waals surface area contributed by atoms with Gasteiger partial charge in [0, 0.05) is 30.3 Å². The molecule has 36 heavy (non-hydrogen) atoms. The highest BCUT2D eigenvalue weighted by Gasteiger charge is 2.49. The summed E-state index contributed by atoms with van der Waals surface area (Å²) in [4.78, 5) is 22.9. The topological polar surface area (TPSA) is 55.0 Å². The van der Waals surface area contributed by atoms with Gasteiger partial charge in [0.15, 0.2) is 10.8 Å². The largest absolute Gasteiger partial charge is 0.494 e. The maximum absolute atomic E-state index is 13.5. The molecule has 0 bridgehead atoms. The maximum Gasteiger partial charge on any atom is 0.407 e. The molecule has 0 aliphatic carbocycles. The summed E-state index contributed by atoms with van der Waals surface area (Å²) in [6.45, 7) is 11.1. The van der Waals surface area contributed by atoms with Crippen molar-refractivity contribution in [3.05, 3.63) is 78.2 Å². The number of rotatable bonds is 7. The molecule has 11 heteroatoms. The van der Waals surface area contributed by atoms with Crippen LogP contribution in [-0.2, 0) is 11.0 Å². The summed E-state index contributed by atoms with van der Waals surface area (Å²) in [5.74, 6) is 0.242. The second-order valence-electron chi connectivity index (χ2n) is 8.61. The minimum Gasteiger partial charge on any atom is -0.494 e. The van der Waals surface area contributed by atoms with Crippen LogP contribution in [0, 0.1) is 6.57 Å². The van der Waals surface area contributed by atoms with Crippen LogP contribution in [0.5, 0.6) is 5.75 Å². The molecular weight excluding hydrogens is 491 g/mol. The van der Waals surface area contributed by atoms with E-state index in [1.165, 1.54) is 6.07 Å². The molecule has 1 saturated heterocycles. The van der Waals surface area contributed by atoms with E-state index in [4.69, 9.17) is 23.5 Å². The highest BCUT2D eigenvalue weighted by atomic mass is 32.1. The summed E-state index contributed by atoms with van der Waals surface area (Å²) >= 11 is 5.51. The number of aromatic nitrogens is 2. The Morgan fingerprint density at radius 2 is 1.83 bits per heavy atom. The van der Waals surface area contributed by atoms with E-state index < -0.39 is 28.9 Å². The lowest BCUT2D eigenvalue weighted by atomic mass is 10.0. The predicted octanol–water partition coefficient (Wildman–Crippen LogP) is 5.62. The lowest BCUT2D eigenvalue weighted by molar-refractivity contribution is -0.136. The SMILES string of the molecule is [C-]#[N+]c1ccc(N2C(=O)C(C)(C)N(CCCOc3ccc(-n4ccnc4)cc3)C2=S)cc1C(F)(F)F. The maximum atomic E-state index is 13.5. The van der Waals surface area contributed by atoms with Gasteiger partial charge in [0.2, 0.25) is 0 Å². The predicted molar refractivity (Wildman–Crippen MR) is 132 cm³/mol. The number of anilines is 1. The first kappa shape index (κ1) is 25.2. The second kappa shape index (κ2) is 9.62. The average molecular weight is 514 g/mol. The fraction of sp³-hybridized carbons (Fsp3) is 0.280. The number of nitrogens with zero attached hydrogens (tertiary/aromatic N) is 5. The first-order chi connectivity index (χ1) is 17.0. The molecule has 186 valence electrons. The van der Waals surface area contributed by atoms with Gasteiger partial charge in [-0.25, -0.2) is 9.83 Å². The molecule has 0 N–H and O–H groups in total. The molecule has 0 radical (unpaired) electrons. The summed E-state index contributed by atoms with van der Waals surface area (Å²) in [5, 5.41) is 0.110. The second-order valence-corrected chi connectivity index (χ2v) is 8.98. The van der Waals surface area contributed by atoms with Crippen molar-refractivity contribution in [2.24, 2.45) is 0 Å². The number of hydrogen-bond acceptors (Lipinski definition) is 4. The van der Waals surface area contributed by atoms with Crippen LogP contribution in [0.4, 0.5) is 24.5 Å². The zero-order valence-corrected chi connectivity index (χ0v) is 20.3. The molecule has 0 unspecified atom stereocenters. The third kappa shape index (κ3) is 4.77. The number of carbonyl (C=O) groups excluding carboxylic acids is 1. The monoisotopic (exact) mass is 513 g/mol. The summed E-state index contributed by atoms with van der Waals surface area (Å²) < 4.78 is 48.1. The van der Waals surface area contributed by atoms with E-state index in [0.29, 0.717) is 25.3 Å². The van der Waals surface area contributed by atoms with Gasteiger partial charge in [-0.05, 0) is 68.9 Å². The molecule has 2 aromatic carbocycles. The highest BCUT2D eigenvalue weighted by Crippen LogP contribution is 2.40. The zero-order chi connectivity index (χ0) is 26.1. The molecule has 7 nitrogen and oxygen atoms in total. The number of amides is 1. The number of ether oxygens (including phenoxy) is 1. The van der Waals surface area contributed by atoms with Gasteiger partial charge in [-0.15, -0.1) is 0 Å². The lowest BCUT2D eigenvalue weighted by Crippen LogP contribution is -2.44. The van der Waals surface area contributed by atoms with Crippen LogP contribution in [0.1, 0.15) is 25.8 Å². The van der Waals surface area contributed by atoms with Gasteiger partial charge < -0.3 is 14.2 Å². The van der Waals surface area contributed by atoms with E-state index in [1.807, 2.05) is 35.0 Å². The quantitative estimate of drug-likeness (QED) is 0.233.